The number of nitrogens with one attached hydrogen (secondary N) is 1. The molecule has 0 saturated carbocycles. The van der Waals surface area contributed by atoms with Crippen molar-refractivity contribution in [2.75, 3.05) is 5.32 Å². The fourth-order valence-electron chi connectivity index (χ4n) is 1.69. The Hall–Kier alpha value is -1.87. The van der Waals surface area contributed by atoms with Crippen LogP contribution >= 0.6 is 33.9 Å². The molecule has 0 fully saturated rings. The van der Waals surface area contributed by atoms with Crippen LogP contribution in [0.25, 0.3) is 10.6 Å². The molecule has 1 amide bonds. The number of amides is 1. The molecule has 1 aromatic carbocycles. The topological polar surface area (TPSA) is 67.8 Å². The molecule has 104 valence electrons. The molecule has 0 aliphatic heterocycles. The minimum Gasteiger partial charge on any atom is -0.296 e. The maximum absolute atomic E-state index is 12.2. The van der Waals surface area contributed by atoms with E-state index in [0.717, 1.165) is 14.1 Å². The molecule has 0 aliphatic carbocycles. The number of aromatic nitrogens is 3. The third kappa shape index (κ3) is 3.24. The number of nitrogens with zero attached hydrogens (tertiary/aromatic N) is 3. The van der Waals surface area contributed by atoms with Crippen LogP contribution in [0.2, 0.25) is 0 Å². The Balaban J connectivity index is 1.79. The van der Waals surface area contributed by atoms with Gasteiger partial charge in [0, 0.05) is 21.5 Å². The highest BCUT2D eigenvalue weighted by Crippen LogP contribution is 2.26. The van der Waals surface area contributed by atoms with E-state index in [-0.39, 0.29) is 5.91 Å². The first-order chi connectivity index (χ1) is 10.2. The normalized spacial score (nSPS) is 10.3. The molecule has 0 bridgehead atoms. The number of rotatable bonds is 3. The zero-order valence-electron chi connectivity index (χ0n) is 10.7. The predicted octanol–water partition coefficient (Wildman–Crippen LogP) is 3.46. The van der Waals surface area contributed by atoms with Crippen LogP contribution in [-0.2, 0) is 0 Å². The standard InChI is InChI=1S/C14H9IN4OS/c15-11-6-2-1-5-10(11)12(20)17-14-19-18-13(21-14)9-4-3-7-16-8-9/h1-8H,(H,17,19,20). The van der Waals surface area contributed by atoms with Crippen molar-refractivity contribution in [3.63, 3.8) is 0 Å². The lowest BCUT2D eigenvalue weighted by Gasteiger charge is -2.02. The zero-order valence-corrected chi connectivity index (χ0v) is 13.6. The lowest BCUT2D eigenvalue weighted by molar-refractivity contribution is 0.102. The van der Waals surface area contributed by atoms with Crippen molar-refractivity contribution < 1.29 is 4.79 Å². The Morgan fingerprint density at radius 2 is 2.00 bits per heavy atom. The Labute approximate surface area is 138 Å². The Morgan fingerprint density at radius 1 is 1.14 bits per heavy atom. The molecule has 7 heteroatoms. The minimum atomic E-state index is -0.186. The fraction of sp³-hybridized carbons (Fsp3) is 0. The molecular formula is C14H9IN4OS. The highest BCUT2D eigenvalue weighted by atomic mass is 127. The molecule has 0 aliphatic rings. The summed E-state index contributed by atoms with van der Waals surface area (Å²) in [4.78, 5) is 16.2. The van der Waals surface area contributed by atoms with Gasteiger partial charge in [0.25, 0.3) is 5.91 Å². The van der Waals surface area contributed by atoms with Crippen molar-refractivity contribution in [1.82, 2.24) is 15.2 Å². The van der Waals surface area contributed by atoms with Gasteiger partial charge in [-0.25, -0.2) is 0 Å². The molecule has 2 aromatic heterocycles. The molecule has 3 rings (SSSR count). The van der Waals surface area contributed by atoms with Gasteiger partial charge in [-0.05, 0) is 46.9 Å². The number of halogens is 1. The second-order valence-corrected chi connectivity index (χ2v) is 6.23. The summed E-state index contributed by atoms with van der Waals surface area (Å²) in [7, 11) is 0. The van der Waals surface area contributed by atoms with Crippen molar-refractivity contribution in [3.05, 3.63) is 57.9 Å². The molecule has 0 radical (unpaired) electrons. The number of carbonyl (C=O) groups excluding carboxylic acids is 1. The summed E-state index contributed by atoms with van der Waals surface area (Å²) in [6.45, 7) is 0. The van der Waals surface area contributed by atoms with Gasteiger partial charge < -0.3 is 0 Å². The fourth-order valence-corrected chi connectivity index (χ4v) is 3.05. The van der Waals surface area contributed by atoms with Crippen molar-refractivity contribution in [2.24, 2.45) is 0 Å². The molecular weight excluding hydrogens is 399 g/mol. The first-order valence-electron chi connectivity index (χ1n) is 6.04. The number of pyridine rings is 1. The van der Waals surface area contributed by atoms with E-state index < -0.39 is 0 Å². The second kappa shape index (κ2) is 6.27. The van der Waals surface area contributed by atoms with E-state index in [9.17, 15) is 4.79 Å². The van der Waals surface area contributed by atoms with Gasteiger partial charge in [-0.2, -0.15) is 0 Å². The molecule has 3 aromatic rings. The number of hydrogen-bond acceptors (Lipinski definition) is 5. The minimum absolute atomic E-state index is 0.186. The van der Waals surface area contributed by atoms with Crippen LogP contribution < -0.4 is 5.32 Å². The van der Waals surface area contributed by atoms with E-state index in [1.54, 1.807) is 18.5 Å². The molecule has 21 heavy (non-hydrogen) atoms. The average molecular weight is 408 g/mol. The summed E-state index contributed by atoms with van der Waals surface area (Å²) in [5.74, 6) is -0.186. The molecule has 0 spiro atoms. The number of benzene rings is 1. The van der Waals surface area contributed by atoms with Gasteiger partial charge in [0.2, 0.25) is 5.13 Å². The Bertz CT molecular complexity index is 775. The number of carbonyl (C=O) groups is 1. The predicted molar refractivity (Wildman–Crippen MR) is 90.3 cm³/mol. The average Bonchev–Trinajstić information content (AvgIpc) is 2.97. The Morgan fingerprint density at radius 3 is 2.76 bits per heavy atom. The molecule has 1 N–H and O–H groups in total. The van der Waals surface area contributed by atoms with Crippen LogP contribution in [0.3, 0.4) is 0 Å². The first-order valence-corrected chi connectivity index (χ1v) is 7.93. The Kier molecular flexibility index (Phi) is 4.20. The van der Waals surface area contributed by atoms with Gasteiger partial charge in [-0.3, -0.25) is 15.1 Å². The first kappa shape index (κ1) is 14.1. The SMILES string of the molecule is O=C(Nc1nnc(-c2cccnc2)s1)c1ccccc1I. The number of anilines is 1. The van der Waals surface area contributed by atoms with E-state index >= 15 is 0 Å². The lowest BCUT2D eigenvalue weighted by atomic mass is 10.2. The molecule has 0 atom stereocenters. The van der Waals surface area contributed by atoms with E-state index in [1.165, 1.54) is 11.3 Å². The van der Waals surface area contributed by atoms with Crippen LogP contribution in [0.15, 0.2) is 48.8 Å². The van der Waals surface area contributed by atoms with Gasteiger partial charge in [-0.1, -0.05) is 23.5 Å². The summed E-state index contributed by atoms with van der Waals surface area (Å²) < 4.78 is 0.893. The summed E-state index contributed by atoms with van der Waals surface area (Å²) in [5.41, 5.74) is 1.50. The smallest absolute Gasteiger partial charge is 0.258 e. The van der Waals surface area contributed by atoms with Gasteiger partial charge in [0.1, 0.15) is 0 Å². The lowest BCUT2D eigenvalue weighted by Crippen LogP contribution is -2.13. The van der Waals surface area contributed by atoms with Crippen LogP contribution in [0.4, 0.5) is 5.13 Å². The molecule has 0 saturated heterocycles. The van der Waals surface area contributed by atoms with Crippen LogP contribution in [0.1, 0.15) is 10.4 Å². The van der Waals surface area contributed by atoms with Crippen molar-refractivity contribution in [1.29, 1.82) is 0 Å². The maximum Gasteiger partial charge on any atom is 0.258 e. The van der Waals surface area contributed by atoms with Gasteiger partial charge >= 0.3 is 0 Å². The molecule has 2 heterocycles. The highest BCUT2D eigenvalue weighted by molar-refractivity contribution is 14.1. The van der Waals surface area contributed by atoms with E-state index in [2.05, 4.69) is 43.1 Å². The largest absolute Gasteiger partial charge is 0.296 e. The molecule has 5 nitrogen and oxygen atoms in total. The van der Waals surface area contributed by atoms with E-state index in [4.69, 9.17) is 0 Å². The summed E-state index contributed by atoms with van der Waals surface area (Å²) in [5, 5.41) is 12.0. The maximum atomic E-state index is 12.2. The van der Waals surface area contributed by atoms with Gasteiger partial charge in [0.15, 0.2) is 5.01 Å². The summed E-state index contributed by atoms with van der Waals surface area (Å²) in [6, 6.07) is 11.1. The monoisotopic (exact) mass is 408 g/mol. The zero-order chi connectivity index (χ0) is 14.7. The van der Waals surface area contributed by atoms with Crippen molar-refractivity contribution >= 4 is 45.0 Å². The van der Waals surface area contributed by atoms with Crippen molar-refractivity contribution in [2.45, 2.75) is 0 Å². The summed E-state index contributed by atoms with van der Waals surface area (Å²) in [6.07, 6.45) is 3.41. The van der Waals surface area contributed by atoms with E-state index in [1.807, 2.05) is 30.3 Å². The third-order valence-corrected chi connectivity index (χ3v) is 4.50. The summed E-state index contributed by atoms with van der Waals surface area (Å²) >= 11 is 3.45. The third-order valence-electron chi connectivity index (χ3n) is 2.67. The quantitative estimate of drug-likeness (QED) is 0.675. The van der Waals surface area contributed by atoms with Crippen LogP contribution in [-0.4, -0.2) is 21.1 Å². The molecule has 0 unspecified atom stereocenters. The number of hydrogen-bond donors (Lipinski definition) is 1. The van der Waals surface area contributed by atoms with Gasteiger partial charge in [-0.15, -0.1) is 10.2 Å². The van der Waals surface area contributed by atoms with Crippen molar-refractivity contribution in [3.8, 4) is 10.6 Å². The van der Waals surface area contributed by atoms with E-state index in [0.29, 0.717) is 10.7 Å². The highest BCUT2D eigenvalue weighted by Gasteiger charge is 2.13. The second-order valence-electron chi connectivity index (χ2n) is 4.09. The van der Waals surface area contributed by atoms with Gasteiger partial charge in [0.05, 0.1) is 5.56 Å². The van der Waals surface area contributed by atoms with Crippen LogP contribution in [0.5, 0.6) is 0 Å². The van der Waals surface area contributed by atoms with Crippen LogP contribution in [0, 0.1) is 3.57 Å².